The van der Waals surface area contributed by atoms with Gasteiger partial charge in [0.2, 0.25) is 0 Å². The monoisotopic (exact) mass is 288 g/mol. The van der Waals surface area contributed by atoms with E-state index >= 15 is 0 Å². The van der Waals surface area contributed by atoms with Crippen LogP contribution in [0, 0.1) is 0 Å². The number of hydrogen-bond acceptors (Lipinski definition) is 4. The van der Waals surface area contributed by atoms with Gasteiger partial charge in [0.15, 0.2) is 5.11 Å². The molecule has 0 bridgehead atoms. The highest BCUT2D eigenvalue weighted by molar-refractivity contribution is 7.80. The summed E-state index contributed by atoms with van der Waals surface area (Å²) >= 11 is 4.94. The molecule has 6 heteroatoms. The van der Waals surface area contributed by atoms with Gasteiger partial charge in [-0.2, -0.15) is 0 Å². The molecule has 1 aromatic rings. The lowest BCUT2D eigenvalue weighted by atomic mass is 10.1. The minimum Gasteiger partial charge on any atom is -0.507 e. The third kappa shape index (κ3) is 2.60. The first-order chi connectivity index (χ1) is 9.54. The van der Waals surface area contributed by atoms with E-state index in [0.29, 0.717) is 5.56 Å². The molecule has 1 aromatic carbocycles. The molecule has 0 radical (unpaired) electrons. The molecular formula is C14H12N2O3S. The maximum Gasteiger partial charge on any atom is 0.265 e. The molecule has 0 aromatic heterocycles. The molecule has 1 aliphatic heterocycles. The van der Waals surface area contributed by atoms with Crippen molar-refractivity contribution >= 4 is 35.2 Å². The van der Waals surface area contributed by atoms with Crippen LogP contribution in [0.4, 0.5) is 0 Å². The van der Waals surface area contributed by atoms with E-state index in [4.69, 9.17) is 12.2 Å². The van der Waals surface area contributed by atoms with Crippen LogP contribution in [0.3, 0.4) is 0 Å². The van der Waals surface area contributed by atoms with Crippen molar-refractivity contribution in [2.24, 2.45) is 0 Å². The van der Waals surface area contributed by atoms with Crippen LogP contribution in [-0.2, 0) is 9.59 Å². The molecule has 0 saturated carbocycles. The molecule has 1 heterocycles. The fourth-order valence-corrected chi connectivity index (χ4v) is 2.00. The standard InChI is InChI=1S/C14H12N2O3S/c1-2-7-16-13(19)10(12(18)15-14(16)20)8-9-5-3-4-6-11(9)17/h2-6,8,17H,1,7H2,(H,15,18,20). The minimum absolute atomic E-state index is 0.0102. The number of amides is 2. The zero-order chi connectivity index (χ0) is 14.7. The summed E-state index contributed by atoms with van der Waals surface area (Å²) in [7, 11) is 0. The van der Waals surface area contributed by atoms with Gasteiger partial charge >= 0.3 is 0 Å². The van der Waals surface area contributed by atoms with Crippen molar-refractivity contribution in [2.45, 2.75) is 0 Å². The SMILES string of the molecule is C=CCN1C(=O)C(=Cc2ccccc2O)C(=O)NC1=S. The van der Waals surface area contributed by atoms with Crippen molar-refractivity contribution in [2.75, 3.05) is 6.54 Å². The summed E-state index contributed by atoms with van der Waals surface area (Å²) in [5.41, 5.74) is 0.305. The maximum absolute atomic E-state index is 12.2. The molecule has 2 amide bonds. The summed E-state index contributed by atoms with van der Waals surface area (Å²) in [6.07, 6.45) is 2.85. The fourth-order valence-electron chi connectivity index (χ4n) is 1.75. The Kier molecular flexibility index (Phi) is 3.95. The second-order valence-corrected chi connectivity index (χ2v) is 4.47. The third-order valence-electron chi connectivity index (χ3n) is 2.73. The first-order valence-electron chi connectivity index (χ1n) is 5.82. The molecule has 5 nitrogen and oxygen atoms in total. The largest absolute Gasteiger partial charge is 0.507 e. The molecule has 1 fully saturated rings. The highest BCUT2D eigenvalue weighted by Gasteiger charge is 2.32. The Hall–Kier alpha value is -2.47. The number of nitrogens with zero attached hydrogens (tertiary/aromatic N) is 1. The summed E-state index contributed by atoms with van der Waals surface area (Å²) in [6, 6.07) is 6.43. The predicted octanol–water partition coefficient (Wildman–Crippen LogP) is 1.20. The van der Waals surface area contributed by atoms with E-state index in [1.54, 1.807) is 18.2 Å². The Morgan fingerprint density at radius 3 is 2.70 bits per heavy atom. The average molecular weight is 288 g/mol. The van der Waals surface area contributed by atoms with Gasteiger partial charge in [-0.3, -0.25) is 19.8 Å². The van der Waals surface area contributed by atoms with Gasteiger partial charge in [-0.25, -0.2) is 0 Å². The van der Waals surface area contributed by atoms with Crippen LogP contribution in [0.2, 0.25) is 0 Å². The van der Waals surface area contributed by atoms with Crippen LogP contribution in [-0.4, -0.2) is 33.5 Å². The van der Waals surface area contributed by atoms with Crippen LogP contribution < -0.4 is 5.32 Å². The first kappa shape index (κ1) is 14.0. The van der Waals surface area contributed by atoms with E-state index in [9.17, 15) is 14.7 Å². The lowest BCUT2D eigenvalue weighted by Crippen LogP contribution is -2.53. The van der Waals surface area contributed by atoms with Crippen molar-refractivity contribution in [3.8, 4) is 5.75 Å². The zero-order valence-electron chi connectivity index (χ0n) is 10.5. The molecule has 0 unspecified atom stereocenters. The molecule has 1 saturated heterocycles. The van der Waals surface area contributed by atoms with Gasteiger partial charge in [-0.05, 0) is 24.4 Å². The number of thiocarbonyl (C=S) groups is 1. The summed E-state index contributed by atoms with van der Waals surface area (Å²) in [5.74, 6) is -1.10. The summed E-state index contributed by atoms with van der Waals surface area (Å²) in [4.78, 5) is 25.3. The number of nitrogens with one attached hydrogen (secondary N) is 1. The Morgan fingerprint density at radius 1 is 1.35 bits per heavy atom. The van der Waals surface area contributed by atoms with Crippen molar-refractivity contribution < 1.29 is 14.7 Å². The van der Waals surface area contributed by atoms with E-state index in [0.717, 1.165) is 0 Å². The Morgan fingerprint density at radius 2 is 2.05 bits per heavy atom. The number of carbonyl (C=O) groups excluding carboxylic acids is 2. The Bertz CT molecular complexity index is 637. The lowest BCUT2D eigenvalue weighted by Gasteiger charge is -2.27. The molecular weight excluding hydrogens is 276 g/mol. The van der Waals surface area contributed by atoms with Gasteiger partial charge in [0.25, 0.3) is 11.8 Å². The second kappa shape index (κ2) is 5.66. The minimum atomic E-state index is -0.580. The van der Waals surface area contributed by atoms with Crippen LogP contribution >= 0.6 is 12.2 Å². The van der Waals surface area contributed by atoms with Gasteiger partial charge in [0.1, 0.15) is 11.3 Å². The molecule has 20 heavy (non-hydrogen) atoms. The van der Waals surface area contributed by atoms with Crippen molar-refractivity contribution in [3.05, 3.63) is 48.1 Å². The zero-order valence-corrected chi connectivity index (χ0v) is 11.3. The van der Waals surface area contributed by atoms with Crippen molar-refractivity contribution in [1.29, 1.82) is 0 Å². The molecule has 0 aliphatic carbocycles. The number of phenols is 1. The fraction of sp³-hybridized carbons (Fsp3) is 0.0714. The van der Waals surface area contributed by atoms with Gasteiger partial charge < -0.3 is 5.11 Å². The van der Waals surface area contributed by atoms with E-state index < -0.39 is 11.8 Å². The van der Waals surface area contributed by atoms with E-state index in [1.165, 1.54) is 23.1 Å². The Labute approximate surface area is 121 Å². The number of phenolic OH excluding ortho intramolecular Hbond substituents is 1. The van der Waals surface area contributed by atoms with Crippen LogP contribution in [0.1, 0.15) is 5.56 Å². The van der Waals surface area contributed by atoms with Gasteiger partial charge in [0.05, 0.1) is 0 Å². The van der Waals surface area contributed by atoms with E-state index in [-0.39, 0.29) is 23.0 Å². The number of hydrogen-bond donors (Lipinski definition) is 2. The number of benzene rings is 1. The first-order valence-corrected chi connectivity index (χ1v) is 6.23. The second-order valence-electron chi connectivity index (χ2n) is 4.08. The molecule has 0 atom stereocenters. The van der Waals surface area contributed by atoms with E-state index in [1.807, 2.05) is 0 Å². The molecule has 0 spiro atoms. The topological polar surface area (TPSA) is 69.6 Å². The number of carbonyl (C=O) groups is 2. The maximum atomic E-state index is 12.2. The summed E-state index contributed by atoms with van der Waals surface area (Å²) in [6.45, 7) is 3.74. The molecule has 2 N–H and O–H groups in total. The lowest BCUT2D eigenvalue weighted by molar-refractivity contribution is -0.128. The van der Waals surface area contributed by atoms with Crippen LogP contribution in [0.25, 0.3) is 6.08 Å². The quantitative estimate of drug-likeness (QED) is 0.379. The Balaban J connectivity index is 2.42. The molecule has 1 aliphatic rings. The van der Waals surface area contributed by atoms with Gasteiger partial charge in [0, 0.05) is 12.1 Å². The molecule has 2 rings (SSSR count). The highest BCUT2D eigenvalue weighted by Crippen LogP contribution is 2.21. The van der Waals surface area contributed by atoms with Crippen molar-refractivity contribution in [3.63, 3.8) is 0 Å². The number of aromatic hydroxyl groups is 1. The summed E-state index contributed by atoms with van der Waals surface area (Å²) < 4.78 is 0. The average Bonchev–Trinajstić information content (AvgIpc) is 2.41. The van der Waals surface area contributed by atoms with Gasteiger partial charge in [-0.15, -0.1) is 6.58 Å². The van der Waals surface area contributed by atoms with Gasteiger partial charge in [-0.1, -0.05) is 24.3 Å². The van der Waals surface area contributed by atoms with E-state index in [2.05, 4.69) is 11.9 Å². The molecule has 102 valence electrons. The number of rotatable bonds is 3. The third-order valence-corrected chi connectivity index (χ3v) is 3.06. The van der Waals surface area contributed by atoms with Crippen LogP contribution in [0.5, 0.6) is 5.75 Å². The predicted molar refractivity (Wildman–Crippen MR) is 78.7 cm³/mol. The highest BCUT2D eigenvalue weighted by atomic mass is 32.1. The summed E-state index contributed by atoms with van der Waals surface area (Å²) in [5, 5.41) is 12.2. The van der Waals surface area contributed by atoms with Crippen molar-refractivity contribution in [1.82, 2.24) is 10.2 Å². The normalized spacial score (nSPS) is 17.3. The smallest absolute Gasteiger partial charge is 0.265 e. The number of para-hydroxylation sites is 1. The van der Waals surface area contributed by atoms with Crippen LogP contribution in [0.15, 0.2) is 42.5 Å².